The Morgan fingerprint density at radius 3 is 2.29 bits per heavy atom. The molecule has 1 heterocycles. The fourth-order valence-corrected chi connectivity index (χ4v) is 6.95. The first kappa shape index (κ1) is 15.4. The van der Waals surface area contributed by atoms with Gasteiger partial charge in [0, 0.05) is 14.2 Å². The van der Waals surface area contributed by atoms with E-state index in [1.807, 2.05) is 0 Å². The smallest absolute Gasteiger partial charge is 0.334 e. The maximum absolute atomic E-state index is 5.51. The molecule has 0 aromatic heterocycles. The summed E-state index contributed by atoms with van der Waals surface area (Å²) < 4.78 is 13.8. The highest BCUT2D eigenvalue weighted by Gasteiger charge is 2.34. The van der Waals surface area contributed by atoms with Crippen molar-refractivity contribution in [3.05, 3.63) is 0 Å². The van der Waals surface area contributed by atoms with Crippen molar-refractivity contribution in [2.75, 3.05) is 27.3 Å². The van der Waals surface area contributed by atoms with Crippen molar-refractivity contribution in [1.29, 1.82) is 0 Å². The molecule has 0 aliphatic carbocycles. The Balaban J connectivity index is 2.20. The van der Waals surface area contributed by atoms with Crippen molar-refractivity contribution in [3.8, 4) is 0 Å². The number of nitrogens with zero attached hydrogens (tertiary/aromatic N) is 1. The Kier molecular flexibility index (Phi) is 5.85. The Morgan fingerprint density at radius 2 is 1.82 bits per heavy atom. The highest BCUT2D eigenvalue weighted by atomic mass is 28.4. The van der Waals surface area contributed by atoms with Crippen molar-refractivity contribution < 1.29 is 8.85 Å². The van der Waals surface area contributed by atoms with Gasteiger partial charge in [0.1, 0.15) is 8.24 Å². The van der Waals surface area contributed by atoms with E-state index in [4.69, 9.17) is 8.85 Å². The normalized spacial score (nSPS) is 21.0. The molecule has 0 unspecified atom stereocenters. The first-order valence-corrected chi connectivity index (χ1v) is 12.5. The molecule has 102 valence electrons. The molecule has 0 amide bonds. The van der Waals surface area contributed by atoms with Gasteiger partial charge < -0.3 is 13.4 Å². The van der Waals surface area contributed by atoms with Crippen LogP contribution in [0.2, 0.25) is 31.7 Å². The summed E-state index contributed by atoms with van der Waals surface area (Å²) in [6, 6.07) is 2.60. The van der Waals surface area contributed by atoms with Crippen molar-refractivity contribution >= 4 is 16.8 Å². The van der Waals surface area contributed by atoms with Crippen LogP contribution in [0.4, 0.5) is 0 Å². The average molecular weight is 276 g/mol. The molecule has 0 aromatic rings. The molecule has 0 N–H and O–H groups in total. The standard InChI is InChI=1S/C12H29NO2Si2/c1-14-17(5,15-2)12-7-6-9-13-10-8-11-16(13,3)4/h6-12H2,1-5H3. The van der Waals surface area contributed by atoms with Gasteiger partial charge in [0.25, 0.3) is 0 Å². The van der Waals surface area contributed by atoms with Gasteiger partial charge in [-0.05, 0) is 44.6 Å². The maximum Gasteiger partial charge on any atom is 0.334 e. The summed E-state index contributed by atoms with van der Waals surface area (Å²) in [5, 5.41) is 0. The lowest BCUT2D eigenvalue weighted by Gasteiger charge is -2.30. The third kappa shape index (κ3) is 4.48. The molecule has 0 bridgehead atoms. The molecule has 5 heteroatoms. The molecule has 0 radical (unpaired) electrons. The van der Waals surface area contributed by atoms with Gasteiger partial charge in [0.05, 0.1) is 0 Å². The molecule has 1 aliphatic heterocycles. The second kappa shape index (κ2) is 6.47. The van der Waals surface area contributed by atoms with E-state index in [1.165, 1.54) is 38.4 Å². The zero-order chi connectivity index (χ0) is 12.9. The van der Waals surface area contributed by atoms with E-state index in [1.54, 1.807) is 14.2 Å². The van der Waals surface area contributed by atoms with Crippen LogP contribution in [0.5, 0.6) is 0 Å². The van der Waals surface area contributed by atoms with E-state index >= 15 is 0 Å². The molecule has 1 fully saturated rings. The quantitative estimate of drug-likeness (QED) is 0.526. The van der Waals surface area contributed by atoms with Crippen LogP contribution in [-0.4, -0.2) is 48.7 Å². The van der Waals surface area contributed by atoms with E-state index < -0.39 is 16.8 Å². The first-order valence-electron chi connectivity index (χ1n) is 6.79. The van der Waals surface area contributed by atoms with Crippen LogP contribution in [0.15, 0.2) is 0 Å². The summed E-state index contributed by atoms with van der Waals surface area (Å²) in [7, 11) is 0.751. The summed E-state index contributed by atoms with van der Waals surface area (Å²) in [4.78, 5) is 0. The van der Waals surface area contributed by atoms with Gasteiger partial charge >= 0.3 is 8.56 Å². The van der Waals surface area contributed by atoms with Crippen molar-refractivity contribution in [3.63, 3.8) is 0 Å². The minimum Gasteiger partial charge on any atom is -0.398 e. The zero-order valence-corrected chi connectivity index (χ0v) is 14.2. The molecule has 1 saturated heterocycles. The summed E-state index contributed by atoms with van der Waals surface area (Å²) in [6.45, 7) is 9.79. The topological polar surface area (TPSA) is 21.7 Å². The van der Waals surface area contributed by atoms with Gasteiger partial charge in [-0.3, -0.25) is 0 Å². The van der Waals surface area contributed by atoms with E-state index in [2.05, 4.69) is 24.2 Å². The third-order valence-electron chi connectivity index (χ3n) is 4.25. The largest absolute Gasteiger partial charge is 0.398 e. The van der Waals surface area contributed by atoms with Crippen molar-refractivity contribution in [1.82, 2.24) is 4.57 Å². The van der Waals surface area contributed by atoms with Gasteiger partial charge in [0.15, 0.2) is 0 Å². The minimum absolute atomic E-state index is 1.000. The molecule has 0 aromatic carbocycles. The zero-order valence-electron chi connectivity index (χ0n) is 12.2. The molecular weight excluding hydrogens is 246 g/mol. The van der Waals surface area contributed by atoms with Crippen LogP contribution in [0.1, 0.15) is 19.3 Å². The lowest BCUT2D eigenvalue weighted by atomic mass is 10.3. The fraction of sp³-hybridized carbons (Fsp3) is 1.00. The van der Waals surface area contributed by atoms with E-state index in [9.17, 15) is 0 Å². The fourth-order valence-electron chi connectivity index (χ4n) is 2.61. The highest BCUT2D eigenvalue weighted by Crippen LogP contribution is 2.26. The molecule has 1 rings (SSSR count). The monoisotopic (exact) mass is 275 g/mol. The second-order valence-corrected chi connectivity index (χ2v) is 14.2. The SMILES string of the molecule is CO[Si](C)(CCCCN1CCC[Si]1(C)C)OC. The van der Waals surface area contributed by atoms with Crippen LogP contribution < -0.4 is 0 Å². The summed E-state index contributed by atoms with van der Waals surface area (Å²) >= 11 is 0. The summed E-state index contributed by atoms with van der Waals surface area (Å²) in [5.41, 5.74) is 0. The Bertz CT molecular complexity index is 233. The first-order chi connectivity index (χ1) is 7.93. The number of hydrogen-bond donors (Lipinski definition) is 0. The lowest BCUT2D eigenvalue weighted by Crippen LogP contribution is -2.43. The van der Waals surface area contributed by atoms with E-state index in [0.29, 0.717) is 0 Å². The lowest BCUT2D eigenvalue weighted by molar-refractivity contribution is 0.247. The van der Waals surface area contributed by atoms with Gasteiger partial charge in [-0.25, -0.2) is 0 Å². The predicted octanol–water partition coefficient (Wildman–Crippen LogP) is 3.04. The predicted molar refractivity (Wildman–Crippen MR) is 78.2 cm³/mol. The van der Waals surface area contributed by atoms with Gasteiger partial charge in [-0.1, -0.05) is 19.5 Å². The Morgan fingerprint density at radius 1 is 1.18 bits per heavy atom. The average Bonchev–Trinajstić information content (AvgIpc) is 2.64. The van der Waals surface area contributed by atoms with Crippen LogP contribution >= 0.6 is 0 Å². The Hall–Kier alpha value is 0.314. The molecular formula is C12H29NO2Si2. The van der Waals surface area contributed by atoms with Crippen molar-refractivity contribution in [2.24, 2.45) is 0 Å². The number of hydrogen-bond acceptors (Lipinski definition) is 3. The van der Waals surface area contributed by atoms with Crippen LogP contribution in [0, 0.1) is 0 Å². The Labute approximate surface area is 109 Å². The van der Waals surface area contributed by atoms with Gasteiger partial charge in [-0.2, -0.15) is 0 Å². The minimum atomic E-state index is -1.82. The van der Waals surface area contributed by atoms with Crippen LogP contribution in [0.3, 0.4) is 0 Å². The maximum atomic E-state index is 5.51. The third-order valence-corrected chi connectivity index (χ3v) is 11.0. The van der Waals surface area contributed by atoms with Crippen molar-refractivity contribution in [2.45, 2.75) is 51.0 Å². The molecule has 0 spiro atoms. The molecule has 1 aliphatic rings. The summed E-state index contributed by atoms with van der Waals surface area (Å²) in [5.74, 6) is 0. The number of rotatable bonds is 7. The molecule has 0 saturated carbocycles. The highest BCUT2D eigenvalue weighted by molar-refractivity contribution is 6.75. The summed E-state index contributed by atoms with van der Waals surface area (Å²) in [6.07, 6.45) is 3.96. The molecule has 0 atom stereocenters. The van der Waals surface area contributed by atoms with Crippen LogP contribution in [-0.2, 0) is 8.85 Å². The second-order valence-electron chi connectivity index (χ2n) is 5.90. The van der Waals surface area contributed by atoms with E-state index in [-0.39, 0.29) is 0 Å². The van der Waals surface area contributed by atoms with Gasteiger partial charge in [0.2, 0.25) is 0 Å². The number of unbranched alkanes of at least 4 members (excludes halogenated alkanes) is 1. The molecule has 3 nitrogen and oxygen atoms in total. The van der Waals surface area contributed by atoms with E-state index in [0.717, 1.165) is 6.04 Å². The molecule has 17 heavy (non-hydrogen) atoms. The van der Waals surface area contributed by atoms with Crippen LogP contribution in [0.25, 0.3) is 0 Å². The van der Waals surface area contributed by atoms with Gasteiger partial charge in [-0.15, -0.1) is 0 Å².